The molecule has 2 aromatic rings. The first-order chi connectivity index (χ1) is 10.3. The average molecular weight is 287 g/mol. The van der Waals surface area contributed by atoms with Crippen LogP contribution in [0.4, 0.5) is 5.69 Å². The Balaban J connectivity index is 1.72. The minimum Gasteiger partial charge on any atom is -0.497 e. The van der Waals surface area contributed by atoms with Gasteiger partial charge in [0.2, 0.25) is 6.79 Å². The van der Waals surface area contributed by atoms with E-state index in [1.807, 2.05) is 36.4 Å². The summed E-state index contributed by atoms with van der Waals surface area (Å²) in [5, 5.41) is 3.35. The van der Waals surface area contributed by atoms with Gasteiger partial charge in [-0.25, -0.2) is 0 Å². The minimum absolute atomic E-state index is 0.284. The Morgan fingerprint density at radius 2 is 1.67 bits per heavy atom. The van der Waals surface area contributed by atoms with Crippen molar-refractivity contribution in [2.24, 2.45) is 0 Å². The fourth-order valence-electron chi connectivity index (χ4n) is 2.18. The van der Waals surface area contributed by atoms with Gasteiger partial charge in [-0.2, -0.15) is 0 Å². The highest BCUT2D eigenvalue weighted by atomic mass is 16.7. The van der Waals surface area contributed by atoms with Gasteiger partial charge in [-0.15, -0.1) is 0 Å². The van der Waals surface area contributed by atoms with Crippen molar-refractivity contribution >= 4 is 5.69 Å². The predicted octanol–water partition coefficient (Wildman–Crippen LogP) is 3.04. The zero-order valence-corrected chi connectivity index (χ0v) is 12.0. The number of hydrogen-bond donors (Lipinski definition) is 1. The molecular weight excluding hydrogens is 270 g/mol. The molecule has 1 aliphatic heterocycles. The van der Waals surface area contributed by atoms with Crippen LogP contribution >= 0.6 is 0 Å². The molecule has 0 aromatic heterocycles. The van der Waals surface area contributed by atoms with E-state index < -0.39 is 0 Å². The van der Waals surface area contributed by atoms with Crippen LogP contribution in [-0.2, 0) is 6.54 Å². The highest BCUT2D eigenvalue weighted by Crippen LogP contribution is 2.34. The third-order valence-corrected chi connectivity index (χ3v) is 3.28. The van der Waals surface area contributed by atoms with Crippen LogP contribution in [0.3, 0.4) is 0 Å². The van der Waals surface area contributed by atoms with Crippen LogP contribution in [0.5, 0.6) is 23.0 Å². The average Bonchev–Trinajstić information content (AvgIpc) is 3.00. The molecule has 0 spiro atoms. The molecule has 110 valence electrons. The minimum atomic E-state index is 0.284. The van der Waals surface area contributed by atoms with E-state index in [1.54, 1.807) is 14.2 Å². The molecule has 1 heterocycles. The molecule has 0 radical (unpaired) electrons. The molecule has 0 atom stereocenters. The lowest BCUT2D eigenvalue weighted by atomic mass is 10.2. The van der Waals surface area contributed by atoms with E-state index in [4.69, 9.17) is 18.9 Å². The summed E-state index contributed by atoms with van der Waals surface area (Å²) in [6.45, 7) is 0.944. The summed E-state index contributed by atoms with van der Waals surface area (Å²) in [4.78, 5) is 0. The third kappa shape index (κ3) is 2.97. The number of nitrogens with one attached hydrogen (secondary N) is 1. The smallest absolute Gasteiger partial charge is 0.231 e. The van der Waals surface area contributed by atoms with Gasteiger partial charge >= 0.3 is 0 Å². The van der Waals surface area contributed by atoms with Crippen molar-refractivity contribution in [3.05, 3.63) is 42.0 Å². The predicted molar refractivity (Wildman–Crippen MR) is 79.4 cm³/mol. The molecule has 5 nitrogen and oxygen atoms in total. The van der Waals surface area contributed by atoms with Crippen LogP contribution in [0.15, 0.2) is 36.4 Å². The summed E-state index contributed by atoms with van der Waals surface area (Å²) in [6.07, 6.45) is 0. The molecule has 1 aliphatic rings. The largest absolute Gasteiger partial charge is 0.497 e. The van der Waals surface area contributed by atoms with Gasteiger partial charge in [0.1, 0.15) is 11.5 Å². The second-order valence-electron chi connectivity index (χ2n) is 4.64. The van der Waals surface area contributed by atoms with E-state index in [0.717, 1.165) is 34.2 Å². The van der Waals surface area contributed by atoms with Gasteiger partial charge in [0, 0.05) is 24.4 Å². The first-order valence-electron chi connectivity index (χ1n) is 6.64. The molecule has 0 amide bonds. The number of methoxy groups -OCH3 is 2. The Morgan fingerprint density at radius 3 is 2.38 bits per heavy atom. The third-order valence-electron chi connectivity index (χ3n) is 3.28. The van der Waals surface area contributed by atoms with E-state index in [1.165, 1.54) is 0 Å². The fraction of sp³-hybridized carbons (Fsp3) is 0.250. The van der Waals surface area contributed by atoms with Crippen LogP contribution in [0, 0.1) is 0 Å². The van der Waals surface area contributed by atoms with Crippen LogP contribution in [0.2, 0.25) is 0 Å². The van der Waals surface area contributed by atoms with E-state index in [-0.39, 0.29) is 6.79 Å². The van der Waals surface area contributed by atoms with Crippen molar-refractivity contribution in [1.82, 2.24) is 0 Å². The second-order valence-corrected chi connectivity index (χ2v) is 4.64. The highest BCUT2D eigenvalue weighted by Gasteiger charge is 2.13. The number of fused-ring (bicyclic) bond motifs is 1. The normalized spacial score (nSPS) is 12.1. The first kappa shape index (κ1) is 13.4. The van der Waals surface area contributed by atoms with E-state index >= 15 is 0 Å². The maximum absolute atomic E-state index is 5.36. The van der Waals surface area contributed by atoms with Crippen LogP contribution in [0.25, 0.3) is 0 Å². The molecule has 0 bridgehead atoms. The summed E-state index contributed by atoms with van der Waals surface area (Å²) in [6, 6.07) is 11.6. The van der Waals surface area contributed by atoms with Crippen molar-refractivity contribution < 1.29 is 18.9 Å². The van der Waals surface area contributed by atoms with Gasteiger partial charge in [-0.1, -0.05) is 0 Å². The lowest BCUT2D eigenvalue weighted by molar-refractivity contribution is 0.174. The first-order valence-corrected chi connectivity index (χ1v) is 6.64. The van der Waals surface area contributed by atoms with Gasteiger partial charge < -0.3 is 24.3 Å². The maximum atomic E-state index is 5.36. The number of rotatable bonds is 5. The number of hydrogen-bond acceptors (Lipinski definition) is 5. The molecule has 0 saturated carbocycles. The zero-order chi connectivity index (χ0) is 14.7. The van der Waals surface area contributed by atoms with Crippen LogP contribution < -0.4 is 24.3 Å². The summed E-state index contributed by atoms with van der Waals surface area (Å²) >= 11 is 0. The van der Waals surface area contributed by atoms with Gasteiger partial charge in [0.25, 0.3) is 0 Å². The molecule has 3 rings (SSSR count). The Kier molecular flexibility index (Phi) is 3.73. The molecule has 5 heteroatoms. The molecule has 0 saturated heterocycles. The molecule has 2 aromatic carbocycles. The van der Waals surface area contributed by atoms with Crippen molar-refractivity contribution in [2.45, 2.75) is 6.54 Å². The lowest BCUT2D eigenvalue weighted by Crippen LogP contribution is -2.00. The molecular formula is C16H17NO4. The summed E-state index contributed by atoms with van der Waals surface area (Å²) < 4.78 is 21.2. The SMILES string of the molecule is COc1cc(CNc2ccc3c(c2)OCO3)cc(OC)c1. The topological polar surface area (TPSA) is 49.0 Å². The number of ether oxygens (including phenoxy) is 4. The molecule has 0 unspecified atom stereocenters. The summed E-state index contributed by atoms with van der Waals surface area (Å²) in [7, 11) is 3.29. The quantitative estimate of drug-likeness (QED) is 0.916. The van der Waals surface area contributed by atoms with Crippen molar-refractivity contribution in [2.75, 3.05) is 26.3 Å². The van der Waals surface area contributed by atoms with Crippen LogP contribution in [0.1, 0.15) is 5.56 Å². The number of anilines is 1. The van der Waals surface area contributed by atoms with Crippen molar-refractivity contribution in [3.8, 4) is 23.0 Å². The highest BCUT2D eigenvalue weighted by molar-refractivity contribution is 5.56. The standard InChI is InChI=1S/C16H17NO4/c1-18-13-5-11(6-14(8-13)19-2)9-17-12-3-4-15-16(7-12)21-10-20-15/h3-8,17H,9-10H2,1-2H3. The van der Waals surface area contributed by atoms with Gasteiger partial charge in [-0.05, 0) is 29.8 Å². The Hall–Kier alpha value is -2.56. The molecule has 21 heavy (non-hydrogen) atoms. The van der Waals surface area contributed by atoms with E-state index in [0.29, 0.717) is 6.54 Å². The monoisotopic (exact) mass is 287 g/mol. The van der Waals surface area contributed by atoms with Crippen LogP contribution in [-0.4, -0.2) is 21.0 Å². The summed E-state index contributed by atoms with van der Waals surface area (Å²) in [5.41, 5.74) is 2.05. The Bertz CT molecular complexity index is 620. The maximum Gasteiger partial charge on any atom is 0.231 e. The Morgan fingerprint density at radius 1 is 0.952 bits per heavy atom. The Labute approximate surface area is 123 Å². The lowest BCUT2D eigenvalue weighted by Gasteiger charge is -2.10. The van der Waals surface area contributed by atoms with Gasteiger partial charge in [0.15, 0.2) is 11.5 Å². The second kappa shape index (κ2) is 5.83. The fourth-order valence-corrected chi connectivity index (χ4v) is 2.18. The molecule has 0 aliphatic carbocycles. The molecule has 0 fully saturated rings. The summed E-state index contributed by atoms with van der Waals surface area (Å²) in [5.74, 6) is 3.10. The van der Waals surface area contributed by atoms with E-state index in [2.05, 4.69) is 5.32 Å². The van der Waals surface area contributed by atoms with Gasteiger partial charge in [0.05, 0.1) is 14.2 Å². The van der Waals surface area contributed by atoms with E-state index in [9.17, 15) is 0 Å². The molecule has 1 N–H and O–H groups in total. The number of benzene rings is 2. The van der Waals surface area contributed by atoms with Crippen molar-refractivity contribution in [1.29, 1.82) is 0 Å². The van der Waals surface area contributed by atoms with Crippen molar-refractivity contribution in [3.63, 3.8) is 0 Å². The zero-order valence-electron chi connectivity index (χ0n) is 12.0. The van der Waals surface area contributed by atoms with Gasteiger partial charge in [-0.3, -0.25) is 0 Å².